The van der Waals surface area contributed by atoms with Crippen LogP contribution in [0.2, 0.25) is 5.28 Å². The van der Waals surface area contributed by atoms with Crippen molar-refractivity contribution in [2.75, 3.05) is 12.4 Å². The van der Waals surface area contributed by atoms with Crippen molar-refractivity contribution in [2.24, 2.45) is 0 Å². The van der Waals surface area contributed by atoms with Crippen molar-refractivity contribution >= 4 is 23.0 Å². The van der Waals surface area contributed by atoms with Gasteiger partial charge in [-0.1, -0.05) is 18.2 Å². The summed E-state index contributed by atoms with van der Waals surface area (Å²) in [5.74, 6) is 0.488. The molecule has 5 heteroatoms. The number of anilines is 1. The van der Waals surface area contributed by atoms with E-state index in [1.54, 1.807) is 19.2 Å². The van der Waals surface area contributed by atoms with Gasteiger partial charge in [-0.25, -0.2) is 14.4 Å². The number of rotatable bonds is 2. The van der Waals surface area contributed by atoms with Gasteiger partial charge in [0.2, 0.25) is 5.28 Å². The van der Waals surface area contributed by atoms with E-state index in [1.807, 2.05) is 0 Å². The summed E-state index contributed by atoms with van der Waals surface area (Å²) in [6.45, 7) is 0. The molecule has 0 spiro atoms. The lowest BCUT2D eigenvalue weighted by molar-refractivity contribution is 0.627. The predicted octanol–water partition coefficient (Wildman–Crippen LogP) is 3.30. The standard InChI is InChI=1S/C14H11ClFN3/c1-17-13-11-7-6-10(12(11)18-14(15)19-13)8-2-4-9(16)5-3-8/h2-6H,7H2,1H3,(H,17,18,19). The Hall–Kier alpha value is -1.94. The fraction of sp³-hybridized carbons (Fsp3) is 0.143. The summed E-state index contributed by atoms with van der Waals surface area (Å²) in [5, 5.41) is 3.23. The molecule has 1 N–H and O–H groups in total. The van der Waals surface area contributed by atoms with Crippen LogP contribution >= 0.6 is 11.6 Å². The van der Waals surface area contributed by atoms with E-state index in [9.17, 15) is 4.39 Å². The normalized spacial score (nSPS) is 13.1. The van der Waals surface area contributed by atoms with Crippen molar-refractivity contribution in [3.8, 4) is 0 Å². The van der Waals surface area contributed by atoms with E-state index in [2.05, 4.69) is 21.4 Å². The van der Waals surface area contributed by atoms with Gasteiger partial charge in [0.05, 0.1) is 5.69 Å². The predicted molar refractivity (Wildman–Crippen MR) is 73.8 cm³/mol. The summed E-state index contributed by atoms with van der Waals surface area (Å²) in [6, 6.07) is 6.36. The number of aromatic nitrogens is 2. The van der Waals surface area contributed by atoms with Gasteiger partial charge in [-0.15, -0.1) is 0 Å². The Morgan fingerprint density at radius 1 is 1.21 bits per heavy atom. The van der Waals surface area contributed by atoms with E-state index in [4.69, 9.17) is 11.6 Å². The Kier molecular flexibility index (Phi) is 2.95. The van der Waals surface area contributed by atoms with Crippen molar-refractivity contribution in [1.82, 2.24) is 9.97 Å². The molecule has 0 atom stereocenters. The van der Waals surface area contributed by atoms with Crippen LogP contribution < -0.4 is 5.32 Å². The molecule has 0 unspecified atom stereocenters. The van der Waals surface area contributed by atoms with Crippen LogP contribution in [-0.2, 0) is 6.42 Å². The van der Waals surface area contributed by atoms with E-state index in [-0.39, 0.29) is 11.1 Å². The average molecular weight is 276 g/mol. The zero-order valence-electron chi connectivity index (χ0n) is 10.2. The molecular formula is C14H11ClFN3. The van der Waals surface area contributed by atoms with Gasteiger partial charge >= 0.3 is 0 Å². The molecule has 0 bridgehead atoms. The third-order valence-corrected chi connectivity index (χ3v) is 3.31. The van der Waals surface area contributed by atoms with Gasteiger partial charge in [0.25, 0.3) is 0 Å². The topological polar surface area (TPSA) is 37.8 Å². The number of nitrogens with zero attached hydrogens (tertiary/aromatic N) is 2. The lowest BCUT2D eigenvalue weighted by atomic mass is 10.0. The van der Waals surface area contributed by atoms with Gasteiger partial charge in [0.15, 0.2) is 0 Å². The Morgan fingerprint density at radius 3 is 2.63 bits per heavy atom. The SMILES string of the molecule is CNc1nc(Cl)nc2c1CC=C2c1ccc(F)cc1. The maximum absolute atomic E-state index is 13.0. The molecule has 0 radical (unpaired) electrons. The number of hydrogen-bond acceptors (Lipinski definition) is 3. The largest absolute Gasteiger partial charge is 0.373 e. The number of fused-ring (bicyclic) bond motifs is 1. The molecule has 1 aromatic carbocycles. The molecule has 3 rings (SSSR count). The molecule has 1 aliphatic rings. The highest BCUT2D eigenvalue weighted by molar-refractivity contribution is 6.28. The quantitative estimate of drug-likeness (QED) is 0.855. The van der Waals surface area contributed by atoms with Crippen LogP contribution in [0.15, 0.2) is 30.3 Å². The van der Waals surface area contributed by atoms with Crippen LogP contribution in [-0.4, -0.2) is 17.0 Å². The molecule has 1 aliphatic carbocycles. The van der Waals surface area contributed by atoms with Crippen LogP contribution in [0.3, 0.4) is 0 Å². The molecule has 0 aliphatic heterocycles. The summed E-state index contributed by atoms with van der Waals surface area (Å²) in [4.78, 5) is 8.45. The summed E-state index contributed by atoms with van der Waals surface area (Å²) < 4.78 is 13.0. The van der Waals surface area contributed by atoms with Crippen molar-refractivity contribution in [1.29, 1.82) is 0 Å². The first-order valence-electron chi connectivity index (χ1n) is 5.89. The molecule has 19 heavy (non-hydrogen) atoms. The minimum atomic E-state index is -0.251. The Balaban J connectivity index is 2.10. The molecule has 0 fully saturated rings. The second kappa shape index (κ2) is 4.63. The molecule has 1 heterocycles. The zero-order chi connectivity index (χ0) is 13.4. The Bertz CT molecular complexity index is 665. The number of allylic oxidation sites excluding steroid dienone is 1. The lowest BCUT2D eigenvalue weighted by Crippen LogP contribution is -2.02. The summed E-state index contributed by atoms with van der Waals surface area (Å²) in [6.07, 6.45) is 2.80. The molecule has 0 amide bonds. The van der Waals surface area contributed by atoms with Gasteiger partial charge in [0, 0.05) is 18.2 Å². The van der Waals surface area contributed by atoms with E-state index >= 15 is 0 Å². The van der Waals surface area contributed by atoms with Crippen LogP contribution in [0.1, 0.15) is 16.8 Å². The van der Waals surface area contributed by atoms with Crippen molar-refractivity contribution in [3.63, 3.8) is 0 Å². The fourth-order valence-electron chi connectivity index (χ4n) is 2.26. The second-order valence-electron chi connectivity index (χ2n) is 4.25. The maximum atomic E-state index is 13.0. The monoisotopic (exact) mass is 275 g/mol. The highest BCUT2D eigenvalue weighted by Crippen LogP contribution is 2.35. The molecule has 96 valence electrons. The van der Waals surface area contributed by atoms with Crippen LogP contribution in [0.4, 0.5) is 10.2 Å². The average Bonchev–Trinajstić information content (AvgIpc) is 2.82. The summed E-state index contributed by atoms with van der Waals surface area (Å²) in [7, 11) is 1.80. The molecule has 0 saturated carbocycles. The second-order valence-corrected chi connectivity index (χ2v) is 4.59. The van der Waals surface area contributed by atoms with E-state index in [0.717, 1.165) is 34.6 Å². The van der Waals surface area contributed by atoms with Crippen molar-refractivity contribution in [2.45, 2.75) is 6.42 Å². The first-order valence-corrected chi connectivity index (χ1v) is 6.27. The maximum Gasteiger partial charge on any atom is 0.224 e. The highest BCUT2D eigenvalue weighted by Gasteiger charge is 2.21. The molecule has 1 aromatic heterocycles. The Labute approximate surface area is 115 Å². The molecular weight excluding hydrogens is 265 g/mol. The smallest absolute Gasteiger partial charge is 0.224 e. The minimum Gasteiger partial charge on any atom is -0.373 e. The van der Waals surface area contributed by atoms with Crippen LogP contribution in [0.5, 0.6) is 0 Å². The van der Waals surface area contributed by atoms with E-state index in [0.29, 0.717) is 0 Å². The lowest BCUT2D eigenvalue weighted by Gasteiger charge is -2.09. The molecule has 2 aromatic rings. The third kappa shape index (κ3) is 2.08. The van der Waals surface area contributed by atoms with Gasteiger partial charge in [-0.2, -0.15) is 0 Å². The number of nitrogens with one attached hydrogen (secondary N) is 1. The number of halogens is 2. The molecule has 0 saturated heterocycles. The van der Waals surface area contributed by atoms with E-state index in [1.165, 1.54) is 12.1 Å². The van der Waals surface area contributed by atoms with Crippen molar-refractivity contribution < 1.29 is 4.39 Å². The molecule has 3 nitrogen and oxygen atoms in total. The van der Waals surface area contributed by atoms with Gasteiger partial charge in [-0.05, 0) is 35.7 Å². The zero-order valence-corrected chi connectivity index (χ0v) is 11.0. The Morgan fingerprint density at radius 2 is 1.95 bits per heavy atom. The van der Waals surface area contributed by atoms with E-state index < -0.39 is 0 Å². The van der Waals surface area contributed by atoms with Gasteiger partial charge < -0.3 is 5.32 Å². The summed E-state index contributed by atoms with van der Waals surface area (Å²) in [5.41, 5.74) is 3.73. The highest BCUT2D eigenvalue weighted by atomic mass is 35.5. The first kappa shape index (κ1) is 12.1. The third-order valence-electron chi connectivity index (χ3n) is 3.14. The van der Waals surface area contributed by atoms with Crippen molar-refractivity contribution in [3.05, 3.63) is 58.3 Å². The van der Waals surface area contributed by atoms with Gasteiger partial charge in [0.1, 0.15) is 11.6 Å². The van der Waals surface area contributed by atoms with Gasteiger partial charge in [-0.3, -0.25) is 0 Å². The number of benzene rings is 1. The first-order chi connectivity index (χ1) is 9.19. The van der Waals surface area contributed by atoms with Crippen LogP contribution in [0.25, 0.3) is 5.57 Å². The fourth-order valence-corrected chi connectivity index (χ4v) is 2.43. The number of hydrogen-bond donors (Lipinski definition) is 1. The summed E-state index contributed by atoms with van der Waals surface area (Å²) >= 11 is 5.94. The minimum absolute atomic E-state index is 0.206. The van der Waals surface area contributed by atoms with Crippen LogP contribution in [0, 0.1) is 5.82 Å².